The lowest BCUT2D eigenvalue weighted by Gasteiger charge is -2.09. The fourth-order valence-electron chi connectivity index (χ4n) is 2.47. The van der Waals surface area contributed by atoms with Crippen LogP contribution in [0.1, 0.15) is 20.7 Å². The minimum Gasteiger partial charge on any atom is -0.478 e. The first kappa shape index (κ1) is 18.2. The van der Waals surface area contributed by atoms with E-state index >= 15 is 0 Å². The molecule has 2 N–H and O–H groups in total. The van der Waals surface area contributed by atoms with Gasteiger partial charge in [0.2, 0.25) is 0 Å². The van der Waals surface area contributed by atoms with E-state index in [9.17, 15) is 22.8 Å². The summed E-state index contributed by atoms with van der Waals surface area (Å²) >= 11 is 0. The van der Waals surface area contributed by atoms with Crippen LogP contribution in [0.3, 0.4) is 0 Å². The molecular formula is C17H12F3N3O4. The maximum absolute atomic E-state index is 12.3. The van der Waals surface area contributed by atoms with Crippen molar-refractivity contribution >= 4 is 28.6 Å². The number of halogens is 3. The van der Waals surface area contributed by atoms with Crippen molar-refractivity contribution in [1.29, 1.82) is 0 Å². The van der Waals surface area contributed by atoms with Crippen molar-refractivity contribution in [3.63, 3.8) is 0 Å². The molecule has 27 heavy (non-hydrogen) atoms. The van der Waals surface area contributed by atoms with E-state index in [0.717, 1.165) is 12.1 Å². The van der Waals surface area contributed by atoms with Crippen LogP contribution in [-0.2, 0) is 7.05 Å². The van der Waals surface area contributed by atoms with E-state index in [2.05, 4.69) is 15.2 Å². The minimum absolute atomic E-state index is 0.0728. The molecule has 1 amide bonds. The number of aryl methyl sites for hydroxylation is 1. The largest absolute Gasteiger partial charge is 0.573 e. The highest BCUT2D eigenvalue weighted by Crippen LogP contribution is 2.25. The van der Waals surface area contributed by atoms with Crippen LogP contribution in [0.25, 0.3) is 10.9 Å². The van der Waals surface area contributed by atoms with Gasteiger partial charge in [-0.05, 0) is 42.5 Å². The summed E-state index contributed by atoms with van der Waals surface area (Å²) < 4.78 is 41.7. The fourth-order valence-corrected chi connectivity index (χ4v) is 2.47. The van der Waals surface area contributed by atoms with E-state index in [1.807, 2.05) is 0 Å². The Balaban J connectivity index is 1.83. The average molecular weight is 379 g/mol. The number of rotatable bonds is 4. The molecule has 0 spiro atoms. The summed E-state index contributed by atoms with van der Waals surface area (Å²) in [4.78, 5) is 23.4. The van der Waals surface area contributed by atoms with E-state index in [1.54, 1.807) is 7.05 Å². The van der Waals surface area contributed by atoms with Gasteiger partial charge in [-0.3, -0.25) is 9.48 Å². The maximum atomic E-state index is 12.3. The molecule has 0 fully saturated rings. The number of fused-ring (bicyclic) bond motifs is 1. The van der Waals surface area contributed by atoms with E-state index in [1.165, 1.54) is 35.0 Å². The lowest BCUT2D eigenvalue weighted by molar-refractivity contribution is -0.274. The quantitative estimate of drug-likeness (QED) is 0.725. The van der Waals surface area contributed by atoms with Gasteiger partial charge in [-0.25, -0.2) is 4.79 Å². The Labute approximate surface area is 150 Å². The zero-order valence-corrected chi connectivity index (χ0v) is 13.7. The zero-order valence-electron chi connectivity index (χ0n) is 13.7. The van der Waals surface area contributed by atoms with Crippen LogP contribution in [-0.4, -0.2) is 33.1 Å². The summed E-state index contributed by atoms with van der Waals surface area (Å²) in [7, 11) is 1.59. The van der Waals surface area contributed by atoms with Gasteiger partial charge in [0, 0.05) is 18.0 Å². The molecule has 7 nitrogen and oxygen atoms in total. The number of nitrogens with one attached hydrogen (secondary N) is 1. The molecule has 140 valence electrons. The molecule has 0 aliphatic rings. The van der Waals surface area contributed by atoms with Gasteiger partial charge in [-0.1, -0.05) is 0 Å². The number of hydrogen-bond donors (Lipinski definition) is 2. The molecule has 0 radical (unpaired) electrons. The van der Waals surface area contributed by atoms with Crippen LogP contribution in [0.2, 0.25) is 0 Å². The van der Waals surface area contributed by atoms with Crippen molar-refractivity contribution < 1.29 is 32.6 Å². The number of anilines is 1. The average Bonchev–Trinajstić information content (AvgIpc) is 2.89. The number of carboxylic acid groups (broad SMARTS) is 1. The number of benzene rings is 2. The lowest BCUT2D eigenvalue weighted by Crippen LogP contribution is -2.17. The summed E-state index contributed by atoms with van der Waals surface area (Å²) in [6.07, 6.45) is -4.81. The molecule has 3 aromatic rings. The Morgan fingerprint density at radius 2 is 1.74 bits per heavy atom. The molecular weight excluding hydrogens is 367 g/mol. The molecule has 2 aromatic carbocycles. The molecule has 0 unspecified atom stereocenters. The Hall–Kier alpha value is -3.56. The van der Waals surface area contributed by atoms with Gasteiger partial charge in [-0.15, -0.1) is 13.2 Å². The summed E-state index contributed by atoms with van der Waals surface area (Å²) in [5.74, 6) is -1.92. The summed E-state index contributed by atoms with van der Waals surface area (Å²) in [5, 5.41) is 16.3. The maximum Gasteiger partial charge on any atom is 0.573 e. The third-order valence-electron chi connectivity index (χ3n) is 3.68. The van der Waals surface area contributed by atoms with Crippen LogP contribution in [0, 0.1) is 0 Å². The first-order valence-electron chi connectivity index (χ1n) is 7.51. The van der Waals surface area contributed by atoms with Gasteiger partial charge in [-0.2, -0.15) is 5.10 Å². The van der Waals surface area contributed by atoms with Gasteiger partial charge in [0.25, 0.3) is 5.91 Å². The number of carbonyl (C=O) groups is 2. The van der Waals surface area contributed by atoms with Crippen LogP contribution >= 0.6 is 0 Å². The highest BCUT2D eigenvalue weighted by atomic mass is 19.4. The van der Waals surface area contributed by atoms with Gasteiger partial charge >= 0.3 is 12.3 Å². The number of ether oxygens (including phenoxy) is 1. The number of aromatic nitrogens is 2. The lowest BCUT2D eigenvalue weighted by atomic mass is 10.1. The summed E-state index contributed by atoms with van der Waals surface area (Å²) in [6, 6.07) is 8.74. The normalized spacial score (nSPS) is 11.4. The van der Waals surface area contributed by atoms with E-state index in [4.69, 9.17) is 5.11 Å². The highest BCUT2D eigenvalue weighted by molar-refractivity contribution is 6.08. The Kier molecular flexibility index (Phi) is 4.48. The van der Waals surface area contributed by atoms with E-state index in [-0.39, 0.29) is 16.9 Å². The van der Waals surface area contributed by atoms with Crippen LogP contribution in [0.15, 0.2) is 42.5 Å². The summed E-state index contributed by atoms with van der Waals surface area (Å²) in [6.45, 7) is 0. The molecule has 0 saturated heterocycles. The molecule has 0 bridgehead atoms. The van der Waals surface area contributed by atoms with Gasteiger partial charge in [0.1, 0.15) is 5.75 Å². The van der Waals surface area contributed by atoms with Crippen molar-refractivity contribution in [3.05, 3.63) is 53.6 Å². The van der Waals surface area contributed by atoms with Gasteiger partial charge in [0.15, 0.2) is 5.82 Å². The predicted octanol–water partition coefficient (Wildman–Crippen LogP) is 3.42. The van der Waals surface area contributed by atoms with Crippen molar-refractivity contribution in [3.8, 4) is 5.75 Å². The molecule has 0 aliphatic carbocycles. The van der Waals surface area contributed by atoms with Gasteiger partial charge < -0.3 is 15.2 Å². The van der Waals surface area contributed by atoms with Crippen molar-refractivity contribution in [2.24, 2.45) is 7.05 Å². The fraction of sp³-hybridized carbons (Fsp3) is 0.118. The molecule has 0 saturated carbocycles. The molecule has 10 heteroatoms. The summed E-state index contributed by atoms with van der Waals surface area (Å²) in [5.41, 5.74) is 0.674. The van der Waals surface area contributed by atoms with Gasteiger partial charge in [0.05, 0.1) is 11.1 Å². The molecule has 0 atom stereocenters. The van der Waals surface area contributed by atoms with Crippen LogP contribution in [0.5, 0.6) is 5.75 Å². The van der Waals surface area contributed by atoms with E-state index < -0.39 is 24.0 Å². The second-order valence-corrected chi connectivity index (χ2v) is 5.54. The zero-order chi connectivity index (χ0) is 19.8. The Morgan fingerprint density at radius 3 is 2.33 bits per heavy atom. The molecule has 1 heterocycles. The van der Waals surface area contributed by atoms with Crippen LogP contribution in [0.4, 0.5) is 19.0 Å². The minimum atomic E-state index is -4.81. The first-order valence-corrected chi connectivity index (χ1v) is 7.51. The van der Waals surface area contributed by atoms with Crippen LogP contribution < -0.4 is 10.1 Å². The van der Waals surface area contributed by atoms with Crippen molar-refractivity contribution in [2.75, 3.05) is 5.32 Å². The van der Waals surface area contributed by atoms with Crippen molar-refractivity contribution in [2.45, 2.75) is 6.36 Å². The second-order valence-electron chi connectivity index (χ2n) is 5.54. The van der Waals surface area contributed by atoms with Crippen molar-refractivity contribution in [1.82, 2.24) is 9.78 Å². The third-order valence-corrected chi connectivity index (χ3v) is 3.68. The highest BCUT2D eigenvalue weighted by Gasteiger charge is 2.31. The SMILES string of the molecule is Cn1nc(NC(=O)c2ccc(OC(F)(F)F)cc2)c2ccc(C(=O)O)cc21. The number of alkyl halides is 3. The topological polar surface area (TPSA) is 93.5 Å². The first-order chi connectivity index (χ1) is 12.6. The Morgan fingerprint density at radius 1 is 1.11 bits per heavy atom. The molecule has 1 aromatic heterocycles. The number of hydrogen-bond acceptors (Lipinski definition) is 4. The predicted molar refractivity (Wildman–Crippen MR) is 88.8 cm³/mol. The number of nitrogens with zero attached hydrogens (tertiary/aromatic N) is 2. The molecule has 0 aliphatic heterocycles. The smallest absolute Gasteiger partial charge is 0.478 e. The monoisotopic (exact) mass is 379 g/mol. The third kappa shape index (κ3) is 4.00. The molecule has 3 rings (SSSR count). The standard InChI is InChI=1S/C17H12F3N3O4/c1-23-13-8-10(16(25)26)4-7-12(13)14(22-23)21-15(24)9-2-5-11(6-3-9)27-17(18,19)20/h2-8H,1H3,(H,25,26)(H,21,22,24). The number of amides is 1. The second kappa shape index (κ2) is 6.63. The van der Waals surface area contributed by atoms with E-state index in [0.29, 0.717) is 10.9 Å². The Bertz CT molecular complexity index is 1030. The number of carboxylic acids is 1. The number of aromatic carboxylic acids is 1. The number of carbonyl (C=O) groups excluding carboxylic acids is 1.